The van der Waals surface area contributed by atoms with Gasteiger partial charge in [0.1, 0.15) is 5.82 Å². The molecule has 0 unspecified atom stereocenters. The second-order valence-electron chi connectivity index (χ2n) is 2.74. The third-order valence-electron chi connectivity index (χ3n) is 1.80. The minimum atomic E-state index is -0.523. The molecule has 0 atom stereocenters. The van der Waals surface area contributed by atoms with Crippen LogP contribution in [0.2, 0.25) is 5.02 Å². The van der Waals surface area contributed by atoms with Crippen molar-refractivity contribution in [3.05, 3.63) is 34.9 Å². The van der Waals surface area contributed by atoms with Crippen LogP contribution in [0.15, 0.2) is 18.2 Å². The van der Waals surface area contributed by atoms with Gasteiger partial charge in [0, 0.05) is 6.07 Å². The van der Waals surface area contributed by atoms with E-state index >= 15 is 0 Å². The number of tetrazole rings is 1. The average Bonchev–Trinajstić information content (AvgIpc) is 2.70. The van der Waals surface area contributed by atoms with Crippen molar-refractivity contribution >= 4 is 23.2 Å². The van der Waals surface area contributed by atoms with E-state index in [0.29, 0.717) is 11.5 Å². The number of alkyl halides is 1. The normalized spacial score (nSPS) is 10.6. The molecule has 0 fully saturated rings. The molecule has 0 radical (unpaired) electrons. The van der Waals surface area contributed by atoms with Crippen LogP contribution in [0.4, 0.5) is 4.39 Å². The summed E-state index contributed by atoms with van der Waals surface area (Å²) in [7, 11) is 0. The summed E-state index contributed by atoms with van der Waals surface area (Å²) in [5, 5.41) is 10.9. The SMILES string of the molecule is Fc1cc(-n2nnnc2CCl)ccc1Cl. The first-order valence-electron chi connectivity index (χ1n) is 4.01. The van der Waals surface area contributed by atoms with Gasteiger partial charge in [-0.1, -0.05) is 11.6 Å². The lowest BCUT2D eigenvalue weighted by Crippen LogP contribution is -2.01. The minimum Gasteiger partial charge on any atom is -0.205 e. The van der Waals surface area contributed by atoms with Gasteiger partial charge in [0.2, 0.25) is 0 Å². The van der Waals surface area contributed by atoms with E-state index in [2.05, 4.69) is 15.5 Å². The summed E-state index contributed by atoms with van der Waals surface area (Å²) in [6.45, 7) is 0. The Morgan fingerprint density at radius 1 is 1.40 bits per heavy atom. The Labute approximate surface area is 94.6 Å². The number of nitrogens with zero attached hydrogens (tertiary/aromatic N) is 4. The van der Waals surface area contributed by atoms with Crippen molar-refractivity contribution in [1.82, 2.24) is 20.2 Å². The second-order valence-corrected chi connectivity index (χ2v) is 3.41. The number of aromatic nitrogens is 4. The van der Waals surface area contributed by atoms with E-state index in [1.54, 1.807) is 6.07 Å². The Hall–Kier alpha value is -1.20. The van der Waals surface area contributed by atoms with Crippen molar-refractivity contribution in [2.75, 3.05) is 0 Å². The standard InChI is InChI=1S/C8H5Cl2FN4/c9-4-8-12-13-14-15(8)5-1-2-6(10)7(11)3-5/h1-3H,4H2. The third kappa shape index (κ3) is 1.93. The molecule has 0 aliphatic carbocycles. The molecule has 0 saturated heterocycles. The quantitative estimate of drug-likeness (QED) is 0.764. The molecular weight excluding hydrogens is 242 g/mol. The summed E-state index contributed by atoms with van der Waals surface area (Å²) in [6, 6.07) is 4.29. The lowest BCUT2D eigenvalue weighted by Gasteiger charge is -2.02. The van der Waals surface area contributed by atoms with E-state index in [9.17, 15) is 4.39 Å². The fourth-order valence-corrected chi connectivity index (χ4v) is 1.39. The summed E-state index contributed by atoms with van der Waals surface area (Å²) in [6.07, 6.45) is 0. The summed E-state index contributed by atoms with van der Waals surface area (Å²) >= 11 is 11.2. The minimum absolute atomic E-state index is 0.0549. The Morgan fingerprint density at radius 3 is 2.87 bits per heavy atom. The van der Waals surface area contributed by atoms with Crippen LogP contribution in [0.5, 0.6) is 0 Å². The van der Waals surface area contributed by atoms with E-state index in [1.807, 2.05) is 0 Å². The fraction of sp³-hybridized carbons (Fsp3) is 0.125. The van der Waals surface area contributed by atoms with Crippen LogP contribution in [0.1, 0.15) is 5.82 Å². The molecule has 78 valence electrons. The maximum atomic E-state index is 13.2. The highest BCUT2D eigenvalue weighted by molar-refractivity contribution is 6.30. The molecule has 4 nitrogen and oxygen atoms in total. The first-order valence-corrected chi connectivity index (χ1v) is 4.92. The topological polar surface area (TPSA) is 43.6 Å². The monoisotopic (exact) mass is 246 g/mol. The van der Waals surface area contributed by atoms with Crippen LogP contribution >= 0.6 is 23.2 Å². The average molecular weight is 247 g/mol. The van der Waals surface area contributed by atoms with Crippen LogP contribution in [0.25, 0.3) is 5.69 Å². The molecule has 2 rings (SSSR count). The maximum Gasteiger partial charge on any atom is 0.171 e. The molecule has 15 heavy (non-hydrogen) atoms. The largest absolute Gasteiger partial charge is 0.205 e. The first kappa shape index (κ1) is 10.3. The van der Waals surface area contributed by atoms with Gasteiger partial charge in [-0.15, -0.1) is 16.7 Å². The van der Waals surface area contributed by atoms with Gasteiger partial charge < -0.3 is 0 Å². The van der Waals surface area contributed by atoms with E-state index in [1.165, 1.54) is 16.8 Å². The smallest absolute Gasteiger partial charge is 0.171 e. The molecule has 1 heterocycles. The summed E-state index contributed by atoms with van der Waals surface area (Å²) in [5.41, 5.74) is 0.484. The molecule has 0 spiro atoms. The first-order chi connectivity index (χ1) is 7.22. The van der Waals surface area contributed by atoms with Crippen molar-refractivity contribution < 1.29 is 4.39 Å². The van der Waals surface area contributed by atoms with Crippen molar-refractivity contribution in [3.63, 3.8) is 0 Å². The van der Waals surface area contributed by atoms with Crippen molar-refractivity contribution in [2.24, 2.45) is 0 Å². The Kier molecular flexibility index (Phi) is 2.83. The van der Waals surface area contributed by atoms with Gasteiger partial charge in [-0.2, -0.15) is 4.68 Å². The van der Waals surface area contributed by atoms with Gasteiger partial charge in [-0.05, 0) is 22.6 Å². The zero-order valence-corrected chi connectivity index (χ0v) is 8.87. The van der Waals surface area contributed by atoms with Gasteiger partial charge >= 0.3 is 0 Å². The number of halogens is 3. The number of rotatable bonds is 2. The predicted octanol–water partition coefficient (Wildman–Crippen LogP) is 2.19. The van der Waals surface area contributed by atoms with Gasteiger partial charge in [0.15, 0.2) is 5.82 Å². The summed E-state index contributed by atoms with van der Waals surface area (Å²) < 4.78 is 14.5. The molecule has 0 saturated carbocycles. The van der Waals surface area contributed by atoms with E-state index in [0.717, 1.165) is 0 Å². The van der Waals surface area contributed by atoms with Crippen LogP contribution < -0.4 is 0 Å². The highest BCUT2D eigenvalue weighted by Crippen LogP contribution is 2.18. The van der Waals surface area contributed by atoms with Gasteiger partial charge in [0.05, 0.1) is 16.6 Å². The summed E-state index contributed by atoms with van der Waals surface area (Å²) in [5.74, 6) is 0.0700. The molecule has 2 aromatic rings. The molecule has 0 N–H and O–H groups in total. The molecule has 1 aromatic carbocycles. The molecule has 1 aromatic heterocycles. The van der Waals surface area contributed by atoms with E-state index in [-0.39, 0.29) is 10.9 Å². The van der Waals surface area contributed by atoms with Crippen LogP contribution in [-0.4, -0.2) is 20.2 Å². The summed E-state index contributed by atoms with van der Waals surface area (Å²) in [4.78, 5) is 0. The fourth-order valence-electron chi connectivity index (χ4n) is 1.11. The molecule has 0 aliphatic heterocycles. The lowest BCUT2D eigenvalue weighted by atomic mass is 10.3. The van der Waals surface area contributed by atoms with Crippen molar-refractivity contribution in [1.29, 1.82) is 0 Å². The van der Waals surface area contributed by atoms with Crippen LogP contribution in [0.3, 0.4) is 0 Å². The number of benzene rings is 1. The van der Waals surface area contributed by atoms with Gasteiger partial charge in [0.25, 0.3) is 0 Å². The number of hydrogen-bond acceptors (Lipinski definition) is 3. The zero-order chi connectivity index (χ0) is 10.8. The van der Waals surface area contributed by atoms with Crippen LogP contribution in [0, 0.1) is 5.82 Å². The Bertz CT molecular complexity index is 485. The molecule has 0 bridgehead atoms. The third-order valence-corrected chi connectivity index (χ3v) is 2.35. The van der Waals surface area contributed by atoms with Crippen molar-refractivity contribution in [2.45, 2.75) is 5.88 Å². The van der Waals surface area contributed by atoms with Gasteiger partial charge in [-0.25, -0.2) is 4.39 Å². The maximum absolute atomic E-state index is 13.2. The van der Waals surface area contributed by atoms with E-state index in [4.69, 9.17) is 23.2 Å². The van der Waals surface area contributed by atoms with E-state index < -0.39 is 5.82 Å². The highest BCUT2D eigenvalue weighted by Gasteiger charge is 2.08. The molecule has 0 aliphatic rings. The number of hydrogen-bond donors (Lipinski definition) is 0. The van der Waals surface area contributed by atoms with Crippen LogP contribution in [-0.2, 0) is 5.88 Å². The highest BCUT2D eigenvalue weighted by atomic mass is 35.5. The molecule has 0 amide bonds. The molecular formula is C8H5Cl2FN4. The Balaban J connectivity index is 2.50. The molecule has 7 heteroatoms. The Morgan fingerprint density at radius 2 is 2.20 bits per heavy atom. The predicted molar refractivity (Wildman–Crippen MR) is 53.7 cm³/mol. The lowest BCUT2D eigenvalue weighted by molar-refractivity contribution is 0.624. The zero-order valence-electron chi connectivity index (χ0n) is 7.36. The van der Waals surface area contributed by atoms with Crippen molar-refractivity contribution in [3.8, 4) is 5.69 Å². The van der Waals surface area contributed by atoms with Gasteiger partial charge in [-0.3, -0.25) is 0 Å². The second kappa shape index (κ2) is 4.12.